The van der Waals surface area contributed by atoms with E-state index in [4.69, 9.17) is 5.73 Å². The maximum Gasteiger partial charge on any atom is 0.215 e. The summed E-state index contributed by atoms with van der Waals surface area (Å²) in [5, 5.41) is -0.423. The summed E-state index contributed by atoms with van der Waals surface area (Å²) < 4.78 is 25.9. The second kappa shape index (κ2) is 4.39. The molecule has 1 aliphatic carbocycles. The predicted molar refractivity (Wildman–Crippen MR) is 52.8 cm³/mol. The van der Waals surface area contributed by atoms with E-state index in [1.165, 1.54) is 0 Å². The van der Waals surface area contributed by atoms with E-state index in [1.807, 2.05) is 6.92 Å². The van der Waals surface area contributed by atoms with Crippen LogP contribution in [0, 0.1) is 0 Å². The molecule has 5 heteroatoms. The smallest absolute Gasteiger partial charge is 0.215 e. The average molecular weight is 206 g/mol. The molecule has 1 saturated carbocycles. The Kier molecular flexibility index (Phi) is 3.70. The molecule has 0 saturated heterocycles. The van der Waals surface area contributed by atoms with Crippen LogP contribution in [-0.2, 0) is 10.0 Å². The highest BCUT2D eigenvalue weighted by Gasteiger charge is 2.28. The van der Waals surface area contributed by atoms with Crippen LogP contribution in [-0.4, -0.2) is 26.3 Å². The maximum absolute atomic E-state index is 11.6. The van der Waals surface area contributed by atoms with Crippen LogP contribution in [0.15, 0.2) is 0 Å². The first-order chi connectivity index (χ1) is 6.10. The van der Waals surface area contributed by atoms with Gasteiger partial charge in [0.1, 0.15) is 0 Å². The van der Waals surface area contributed by atoms with E-state index >= 15 is 0 Å². The third kappa shape index (κ3) is 2.65. The molecule has 0 aromatic carbocycles. The highest BCUT2D eigenvalue weighted by molar-refractivity contribution is 7.90. The van der Waals surface area contributed by atoms with Gasteiger partial charge in [0.2, 0.25) is 10.0 Å². The molecule has 0 heterocycles. The van der Waals surface area contributed by atoms with Gasteiger partial charge in [0.15, 0.2) is 0 Å². The SMILES string of the molecule is CCC(CN)S(=O)(=O)NC1CCC1. The summed E-state index contributed by atoms with van der Waals surface area (Å²) in [5.41, 5.74) is 5.39. The predicted octanol–water partition coefficient (Wildman–Crippen LogP) is 0.196. The van der Waals surface area contributed by atoms with Crippen molar-refractivity contribution in [3.05, 3.63) is 0 Å². The van der Waals surface area contributed by atoms with Crippen LogP contribution in [0.1, 0.15) is 32.6 Å². The Balaban J connectivity index is 2.52. The Bertz CT molecular complexity index is 243. The van der Waals surface area contributed by atoms with E-state index in [1.54, 1.807) is 0 Å². The molecule has 1 rings (SSSR count). The van der Waals surface area contributed by atoms with Crippen LogP contribution in [0.3, 0.4) is 0 Å². The van der Waals surface area contributed by atoms with Crippen molar-refractivity contribution < 1.29 is 8.42 Å². The zero-order chi connectivity index (χ0) is 9.90. The molecule has 1 atom stereocenters. The van der Waals surface area contributed by atoms with Gasteiger partial charge in [-0.1, -0.05) is 13.3 Å². The van der Waals surface area contributed by atoms with Crippen LogP contribution in [0.2, 0.25) is 0 Å². The number of nitrogens with two attached hydrogens (primary N) is 1. The third-order valence-electron chi connectivity index (χ3n) is 2.59. The molecule has 0 aliphatic heterocycles. The molecule has 4 nitrogen and oxygen atoms in total. The lowest BCUT2D eigenvalue weighted by atomic mass is 9.94. The second-order valence-electron chi connectivity index (χ2n) is 3.56. The van der Waals surface area contributed by atoms with Crippen molar-refractivity contribution in [3.8, 4) is 0 Å². The van der Waals surface area contributed by atoms with Gasteiger partial charge in [-0.2, -0.15) is 0 Å². The molecule has 1 fully saturated rings. The fourth-order valence-corrected chi connectivity index (χ4v) is 2.95. The Labute approximate surface area is 79.9 Å². The van der Waals surface area contributed by atoms with Gasteiger partial charge in [-0.25, -0.2) is 13.1 Å². The molecule has 0 bridgehead atoms. The molecule has 3 N–H and O–H groups in total. The van der Waals surface area contributed by atoms with E-state index in [0.29, 0.717) is 6.42 Å². The van der Waals surface area contributed by atoms with Crippen molar-refractivity contribution in [3.63, 3.8) is 0 Å². The number of nitrogens with one attached hydrogen (secondary N) is 1. The number of hydrogen-bond donors (Lipinski definition) is 2. The first kappa shape index (κ1) is 10.9. The summed E-state index contributed by atoms with van der Waals surface area (Å²) >= 11 is 0. The molecular weight excluding hydrogens is 188 g/mol. The average Bonchev–Trinajstić information content (AvgIpc) is 1.99. The van der Waals surface area contributed by atoms with Crippen molar-refractivity contribution in [1.29, 1.82) is 0 Å². The minimum Gasteiger partial charge on any atom is -0.329 e. The summed E-state index contributed by atoms with van der Waals surface area (Å²) in [6.07, 6.45) is 3.66. The normalized spacial score (nSPS) is 21.1. The quantitative estimate of drug-likeness (QED) is 0.674. The van der Waals surface area contributed by atoms with Crippen LogP contribution >= 0.6 is 0 Å². The summed E-state index contributed by atoms with van der Waals surface area (Å²) in [5.74, 6) is 0. The van der Waals surface area contributed by atoms with Gasteiger partial charge in [-0.3, -0.25) is 0 Å². The standard InChI is InChI=1S/C8H18N2O2S/c1-2-8(6-9)13(11,12)10-7-4-3-5-7/h7-8,10H,2-6,9H2,1H3. The van der Waals surface area contributed by atoms with E-state index in [9.17, 15) is 8.42 Å². The first-order valence-electron chi connectivity index (χ1n) is 4.81. The first-order valence-corrected chi connectivity index (χ1v) is 6.36. The van der Waals surface area contributed by atoms with E-state index in [-0.39, 0.29) is 12.6 Å². The van der Waals surface area contributed by atoms with E-state index in [2.05, 4.69) is 4.72 Å². The van der Waals surface area contributed by atoms with Crippen molar-refractivity contribution in [1.82, 2.24) is 4.72 Å². The highest BCUT2D eigenvalue weighted by Crippen LogP contribution is 2.20. The van der Waals surface area contributed by atoms with Crippen LogP contribution in [0.25, 0.3) is 0 Å². The number of rotatable bonds is 5. The van der Waals surface area contributed by atoms with Crippen LogP contribution < -0.4 is 10.5 Å². The zero-order valence-electron chi connectivity index (χ0n) is 7.99. The fraction of sp³-hybridized carbons (Fsp3) is 1.00. The van der Waals surface area contributed by atoms with E-state index < -0.39 is 15.3 Å². The molecule has 0 amide bonds. The molecule has 0 radical (unpaired) electrons. The molecule has 1 unspecified atom stereocenters. The van der Waals surface area contributed by atoms with Crippen LogP contribution in [0.4, 0.5) is 0 Å². The van der Waals surface area contributed by atoms with Gasteiger partial charge in [-0.15, -0.1) is 0 Å². The van der Waals surface area contributed by atoms with Gasteiger partial charge < -0.3 is 5.73 Å². The molecule has 1 aliphatic rings. The minimum atomic E-state index is -3.16. The summed E-state index contributed by atoms with van der Waals surface area (Å²) in [4.78, 5) is 0. The Morgan fingerprint density at radius 3 is 2.46 bits per heavy atom. The van der Waals surface area contributed by atoms with Crippen molar-refractivity contribution in [2.75, 3.05) is 6.54 Å². The summed E-state index contributed by atoms with van der Waals surface area (Å²) in [6.45, 7) is 2.05. The van der Waals surface area contributed by atoms with Crippen molar-refractivity contribution in [2.45, 2.75) is 43.9 Å². The maximum atomic E-state index is 11.6. The molecule has 0 spiro atoms. The minimum absolute atomic E-state index is 0.172. The van der Waals surface area contributed by atoms with Gasteiger partial charge in [-0.05, 0) is 19.3 Å². The second-order valence-corrected chi connectivity index (χ2v) is 5.55. The lowest BCUT2D eigenvalue weighted by Crippen LogP contribution is -2.46. The van der Waals surface area contributed by atoms with E-state index in [0.717, 1.165) is 19.3 Å². The third-order valence-corrected chi connectivity index (χ3v) is 4.66. The summed E-state index contributed by atoms with van der Waals surface area (Å²) in [6, 6.07) is 0.172. The lowest BCUT2D eigenvalue weighted by molar-refractivity contribution is 0.381. The Morgan fingerprint density at radius 2 is 2.15 bits per heavy atom. The number of sulfonamides is 1. The molecule has 78 valence electrons. The summed E-state index contributed by atoms with van der Waals surface area (Å²) in [7, 11) is -3.16. The van der Waals surface area contributed by atoms with Crippen molar-refractivity contribution in [2.24, 2.45) is 5.73 Å². The van der Waals surface area contributed by atoms with Crippen LogP contribution in [0.5, 0.6) is 0 Å². The lowest BCUT2D eigenvalue weighted by Gasteiger charge is -2.28. The topological polar surface area (TPSA) is 72.2 Å². The van der Waals surface area contributed by atoms with Gasteiger partial charge in [0, 0.05) is 12.6 Å². The molecular formula is C8H18N2O2S. The van der Waals surface area contributed by atoms with Gasteiger partial charge in [0.05, 0.1) is 5.25 Å². The fourth-order valence-electron chi connectivity index (χ4n) is 1.37. The molecule has 0 aromatic heterocycles. The largest absolute Gasteiger partial charge is 0.329 e. The zero-order valence-corrected chi connectivity index (χ0v) is 8.81. The Hall–Kier alpha value is -0.130. The number of hydrogen-bond acceptors (Lipinski definition) is 3. The van der Waals surface area contributed by atoms with Gasteiger partial charge >= 0.3 is 0 Å². The van der Waals surface area contributed by atoms with Gasteiger partial charge in [0.25, 0.3) is 0 Å². The molecule has 0 aromatic rings. The molecule has 13 heavy (non-hydrogen) atoms. The monoisotopic (exact) mass is 206 g/mol. The highest BCUT2D eigenvalue weighted by atomic mass is 32.2. The Morgan fingerprint density at radius 1 is 1.54 bits per heavy atom. The van der Waals surface area contributed by atoms with Crippen molar-refractivity contribution >= 4 is 10.0 Å².